The van der Waals surface area contributed by atoms with Gasteiger partial charge in [0.05, 0.1) is 7.11 Å². The van der Waals surface area contributed by atoms with Gasteiger partial charge in [0.25, 0.3) is 0 Å². The summed E-state index contributed by atoms with van der Waals surface area (Å²) in [5.41, 5.74) is 5.61. The van der Waals surface area contributed by atoms with E-state index in [0.717, 1.165) is 37.2 Å². The van der Waals surface area contributed by atoms with E-state index in [4.69, 9.17) is 15.2 Å². The Bertz CT molecular complexity index is 349. The van der Waals surface area contributed by atoms with E-state index in [1.807, 2.05) is 24.3 Å². The van der Waals surface area contributed by atoms with E-state index in [9.17, 15) is 0 Å². The fraction of sp³-hybridized carbons (Fsp3) is 0.571. The van der Waals surface area contributed by atoms with Crippen molar-refractivity contribution in [2.75, 3.05) is 33.4 Å². The lowest BCUT2D eigenvalue weighted by Gasteiger charge is -2.21. The van der Waals surface area contributed by atoms with Crippen LogP contribution >= 0.6 is 0 Å². The van der Waals surface area contributed by atoms with Gasteiger partial charge in [-0.3, -0.25) is 4.90 Å². The highest BCUT2D eigenvalue weighted by Gasteiger charge is 2.27. The van der Waals surface area contributed by atoms with Crippen LogP contribution in [0.15, 0.2) is 24.3 Å². The minimum Gasteiger partial charge on any atom is -0.497 e. The number of hydrogen-bond donors (Lipinski definition) is 1. The molecular weight excluding hydrogens is 228 g/mol. The molecular formula is C14H22N2O2. The number of rotatable bonds is 8. The number of hydrogen-bond acceptors (Lipinski definition) is 4. The molecule has 0 radical (unpaired) electrons. The molecule has 0 unspecified atom stereocenters. The van der Waals surface area contributed by atoms with Crippen LogP contribution in [0, 0.1) is 0 Å². The van der Waals surface area contributed by atoms with Crippen molar-refractivity contribution in [2.45, 2.75) is 18.9 Å². The monoisotopic (exact) mass is 250 g/mol. The fourth-order valence-electron chi connectivity index (χ4n) is 2.04. The summed E-state index contributed by atoms with van der Waals surface area (Å²) in [5.74, 6) is 1.74. The maximum absolute atomic E-state index is 5.72. The highest BCUT2D eigenvalue weighted by atomic mass is 16.5. The molecule has 0 heterocycles. The molecule has 1 aromatic rings. The van der Waals surface area contributed by atoms with Crippen molar-refractivity contribution in [3.63, 3.8) is 0 Å². The first kappa shape index (κ1) is 13.2. The number of ether oxygens (including phenoxy) is 2. The van der Waals surface area contributed by atoms with Crippen LogP contribution in [-0.2, 0) is 0 Å². The van der Waals surface area contributed by atoms with Crippen molar-refractivity contribution in [2.24, 2.45) is 5.73 Å². The second-order valence-corrected chi connectivity index (χ2v) is 4.58. The van der Waals surface area contributed by atoms with Crippen LogP contribution in [0.1, 0.15) is 12.8 Å². The average molecular weight is 250 g/mol. The highest BCUT2D eigenvalue weighted by molar-refractivity contribution is 5.31. The molecule has 0 saturated heterocycles. The van der Waals surface area contributed by atoms with E-state index < -0.39 is 0 Å². The molecule has 18 heavy (non-hydrogen) atoms. The molecule has 100 valence electrons. The van der Waals surface area contributed by atoms with Gasteiger partial charge in [-0.15, -0.1) is 0 Å². The zero-order valence-electron chi connectivity index (χ0n) is 11.0. The van der Waals surface area contributed by atoms with Gasteiger partial charge in [0.15, 0.2) is 0 Å². The van der Waals surface area contributed by atoms with Gasteiger partial charge in [-0.25, -0.2) is 0 Å². The number of nitrogens with two attached hydrogens (primary N) is 1. The molecule has 1 aliphatic carbocycles. The molecule has 0 spiro atoms. The maximum atomic E-state index is 5.72. The van der Waals surface area contributed by atoms with Gasteiger partial charge in [-0.2, -0.15) is 0 Å². The van der Waals surface area contributed by atoms with Gasteiger partial charge in [-0.05, 0) is 37.1 Å². The minimum absolute atomic E-state index is 0.711. The Balaban J connectivity index is 1.72. The summed E-state index contributed by atoms with van der Waals surface area (Å²) in [4.78, 5) is 2.42. The average Bonchev–Trinajstić information content (AvgIpc) is 3.23. The Kier molecular flexibility index (Phi) is 4.84. The summed E-state index contributed by atoms with van der Waals surface area (Å²) < 4.78 is 10.8. The zero-order valence-corrected chi connectivity index (χ0v) is 11.0. The third-order valence-electron chi connectivity index (χ3n) is 3.19. The van der Waals surface area contributed by atoms with E-state index in [2.05, 4.69) is 4.90 Å². The fourth-order valence-corrected chi connectivity index (χ4v) is 2.04. The normalized spacial score (nSPS) is 14.8. The number of methoxy groups -OCH3 is 1. The van der Waals surface area contributed by atoms with Gasteiger partial charge in [-0.1, -0.05) is 0 Å². The number of nitrogens with zero attached hydrogens (tertiary/aromatic N) is 1. The van der Waals surface area contributed by atoms with Crippen molar-refractivity contribution >= 4 is 0 Å². The van der Waals surface area contributed by atoms with Crippen molar-refractivity contribution < 1.29 is 9.47 Å². The molecule has 1 aliphatic rings. The Labute approximate surface area is 109 Å². The van der Waals surface area contributed by atoms with Gasteiger partial charge in [0.1, 0.15) is 18.1 Å². The maximum Gasteiger partial charge on any atom is 0.119 e. The largest absolute Gasteiger partial charge is 0.497 e. The van der Waals surface area contributed by atoms with Crippen LogP contribution in [-0.4, -0.2) is 44.3 Å². The van der Waals surface area contributed by atoms with Crippen LogP contribution in [0.4, 0.5) is 0 Å². The summed E-state index contributed by atoms with van der Waals surface area (Å²) in [7, 11) is 1.66. The molecule has 0 atom stereocenters. The number of benzene rings is 1. The van der Waals surface area contributed by atoms with E-state index in [-0.39, 0.29) is 0 Å². The third-order valence-corrected chi connectivity index (χ3v) is 3.19. The minimum atomic E-state index is 0.711. The molecule has 1 fully saturated rings. The van der Waals surface area contributed by atoms with Gasteiger partial charge in [0.2, 0.25) is 0 Å². The van der Waals surface area contributed by atoms with E-state index >= 15 is 0 Å². The van der Waals surface area contributed by atoms with Gasteiger partial charge in [0, 0.05) is 25.7 Å². The first-order valence-corrected chi connectivity index (χ1v) is 6.54. The quantitative estimate of drug-likeness (QED) is 0.759. The topological polar surface area (TPSA) is 47.7 Å². The summed E-state index contributed by atoms with van der Waals surface area (Å²) >= 11 is 0. The molecule has 1 aromatic carbocycles. The van der Waals surface area contributed by atoms with E-state index in [1.165, 1.54) is 12.8 Å². The van der Waals surface area contributed by atoms with Gasteiger partial charge < -0.3 is 15.2 Å². The third kappa shape index (κ3) is 3.89. The second kappa shape index (κ2) is 6.61. The Hall–Kier alpha value is -1.26. The lowest BCUT2D eigenvalue weighted by atomic mass is 10.3. The van der Waals surface area contributed by atoms with E-state index in [0.29, 0.717) is 6.61 Å². The Morgan fingerprint density at radius 2 is 1.83 bits per heavy atom. The van der Waals surface area contributed by atoms with Crippen molar-refractivity contribution in [1.82, 2.24) is 4.90 Å². The van der Waals surface area contributed by atoms with Crippen molar-refractivity contribution in [3.8, 4) is 11.5 Å². The van der Waals surface area contributed by atoms with Crippen molar-refractivity contribution in [3.05, 3.63) is 24.3 Å². The predicted molar refractivity (Wildman–Crippen MR) is 72.1 cm³/mol. The molecule has 0 aliphatic heterocycles. The smallest absolute Gasteiger partial charge is 0.119 e. The first-order chi connectivity index (χ1) is 8.83. The summed E-state index contributed by atoms with van der Waals surface area (Å²) in [5, 5.41) is 0. The second-order valence-electron chi connectivity index (χ2n) is 4.58. The first-order valence-electron chi connectivity index (χ1n) is 6.54. The molecule has 0 bridgehead atoms. The van der Waals surface area contributed by atoms with Crippen LogP contribution < -0.4 is 15.2 Å². The van der Waals surface area contributed by atoms with Gasteiger partial charge >= 0.3 is 0 Å². The van der Waals surface area contributed by atoms with E-state index in [1.54, 1.807) is 7.11 Å². The molecule has 0 amide bonds. The molecule has 1 saturated carbocycles. The van der Waals surface area contributed by atoms with Crippen LogP contribution in [0.5, 0.6) is 11.5 Å². The Morgan fingerprint density at radius 3 is 2.39 bits per heavy atom. The zero-order chi connectivity index (χ0) is 12.8. The SMILES string of the molecule is COc1ccc(OCCN(CCN)C2CC2)cc1. The molecule has 0 aromatic heterocycles. The van der Waals surface area contributed by atoms with Crippen LogP contribution in [0.3, 0.4) is 0 Å². The molecule has 4 nitrogen and oxygen atoms in total. The van der Waals surface area contributed by atoms with Crippen LogP contribution in [0.25, 0.3) is 0 Å². The summed E-state index contributed by atoms with van der Waals surface area (Å²) in [6.45, 7) is 3.35. The summed E-state index contributed by atoms with van der Waals surface area (Å²) in [6.07, 6.45) is 2.62. The Morgan fingerprint density at radius 1 is 1.17 bits per heavy atom. The molecule has 4 heteroatoms. The predicted octanol–water partition coefficient (Wildman–Crippen LogP) is 1.50. The highest BCUT2D eigenvalue weighted by Crippen LogP contribution is 2.26. The lowest BCUT2D eigenvalue weighted by Crippen LogP contribution is -2.34. The lowest BCUT2D eigenvalue weighted by molar-refractivity contribution is 0.205. The standard InChI is InChI=1S/C14H22N2O2/c1-17-13-4-6-14(7-5-13)18-11-10-16(9-8-15)12-2-3-12/h4-7,12H,2-3,8-11,15H2,1H3. The summed E-state index contributed by atoms with van der Waals surface area (Å²) in [6, 6.07) is 8.43. The molecule has 2 rings (SSSR count). The van der Waals surface area contributed by atoms with Crippen molar-refractivity contribution in [1.29, 1.82) is 0 Å². The molecule has 2 N–H and O–H groups in total. The van der Waals surface area contributed by atoms with Crippen LogP contribution in [0.2, 0.25) is 0 Å².